The van der Waals surface area contributed by atoms with Gasteiger partial charge in [-0.25, -0.2) is 4.98 Å². The predicted molar refractivity (Wildman–Crippen MR) is 160 cm³/mol. The largest absolute Gasteiger partial charge is 0.445 e. The second-order valence-electron chi connectivity index (χ2n) is 10.5. The monoisotopic (exact) mass is 513 g/mol. The van der Waals surface area contributed by atoms with Crippen molar-refractivity contribution in [3.05, 3.63) is 115 Å². The van der Waals surface area contributed by atoms with Gasteiger partial charge < -0.3 is 8.98 Å². The molecule has 0 unspecified atom stereocenters. The zero-order valence-corrected chi connectivity index (χ0v) is 22.8. The van der Waals surface area contributed by atoms with E-state index in [1.165, 1.54) is 45.9 Å². The summed E-state index contributed by atoms with van der Waals surface area (Å²) in [7, 11) is 0. The lowest BCUT2D eigenvalue weighted by Gasteiger charge is -2.34. The van der Waals surface area contributed by atoms with Crippen molar-refractivity contribution in [3.63, 3.8) is 0 Å². The molecule has 0 spiro atoms. The zero-order valence-electron chi connectivity index (χ0n) is 22.8. The van der Waals surface area contributed by atoms with Gasteiger partial charge in [-0.2, -0.15) is 0 Å². The highest BCUT2D eigenvalue weighted by molar-refractivity contribution is 6.09. The topological polar surface area (TPSA) is 43.9 Å². The first-order valence-corrected chi connectivity index (χ1v) is 14.2. The quantitative estimate of drug-likeness (QED) is 0.183. The van der Waals surface area contributed by atoms with Gasteiger partial charge in [0, 0.05) is 33.6 Å². The molecular formula is C35H35N3O. The summed E-state index contributed by atoms with van der Waals surface area (Å²) in [6.07, 6.45) is 12.1. The van der Waals surface area contributed by atoms with E-state index in [1.807, 2.05) is 12.3 Å². The molecule has 0 aliphatic heterocycles. The van der Waals surface area contributed by atoms with E-state index in [0.717, 1.165) is 36.9 Å². The molecule has 3 aromatic carbocycles. The van der Waals surface area contributed by atoms with Gasteiger partial charge in [0.15, 0.2) is 0 Å². The molecule has 0 atom stereocenters. The highest BCUT2D eigenvalue weighted by Crippen LogP contribution is 2.43. The molecule has 6 aromatic rings. The number of aromatic nitrogens is 3. The normalized spacial score (nSPS) is 11.9. The second-order valence-corrected chi connectivity index (χ2v) is 10.5. The highest BCUT2D eigenvalue weighted by Gasteiger charge is 2.35. The number of hydrogen-bond acceptors (Lipinski definition) is 3. The van der Waals surface area contributed by atoms with E-state index in [2.05, 4.69) is 102 Å². The zero-order chi connectivity index (χ0) is 26.7. The Morgan fingerprint density at radius 2 is 1.51 bits per heavy atom. The summed E-state index contributed by atoms with van der Waals surface area (Å²) in [6.45, 7) is 4.57. The fraction of sp³-hybridized carbons (Fsp3) is 0.257. The van der Waals surface area contributed by atoms with Crippen molar-refractivity contribution in [2.75, 3.05) is 0 Å². The molecule has 4 heteroatoms. The first-order chi connectivity index (χ1) is 19.2. The number of oxazole rings is 1. The average Bonchev–Trinajstić information content (AvgIpc) is 3.65. The van der Waals surface area contributed by atoms with Crippen molar-refractivity contribution in [2.45, 2.75) is 57.8 Å². The predicted octanol–water partition coefficient (Wildman–Crippen LogP) is 9.50. The smallest absolute Gasteiger partial charge is 0.225 e. The molecular weight excluding hydrogens is 478 g/mol. The lowest BCUT2D eigenvalue weighted by Crippen LogP contribution is -2.29. The minimum absolute atomic E-state index is 0.122. The summed E-state index contributed by atoms with van der Waals surface area (Å²) in [5.74, 6) is 0.631. The molecule has 0 aliphatic carbocycles. The standard InChI is InChI=1S/C35H35N3O/c1-3-5-19-35(20-6-4-2,33-16-9-10-21-36-33)27-17-18-30-29-14-7-8-15-31(29)38(32(30)25-27)28-13-11-12-26(24-28)34-37-22-23-39-34/h7-18,21-25H,3-6,19-20H2,1-2H3. The van der Waals surface area contributed by atoms with E-state index in [-0.39, 0.29) is 5.41 Å². The van der Waals surface area contributed by atoms with Gasteiger partial charge in [0.2, 0.25) is 5.89 Å². The van der Waals surface area contributed by atoms with E-state index in [9.17, 15) is 0 Å². The average molecular weight is 514 g/mol. The number of fused-ring (bicyclic) bond motifs is 3. The molecule has 4 nitrogen and oxygen atoms in total. The fourth-order valence-corrected chi connectivity index (χ4v) is 6.11. The maximum absolute atomic E-state index is 5.63. The molecule has 3 aromatic heterocycles. The molecule has 0 N–H and O–H groups in total. The van der Waals surface area contributed by atoms with Crippen LogP contribution in [0.5, 0.6) is 0 Å². The summed E-state index contributed by atoms with van der Waals surface area (Å²) < 4.78 is 8.02. The Hall–Kier alpha value is -4.18. The Morgan fingerprint density at radius 1 is 0.718 bits per heavy atom. The molecule has 0 aliphatic rings. The fourth-order valence-electron chi connectivity index (χ4n) is 6.11. The second kappa shape index (κ2) is 10.9. The van der Waals surface area contributed by atoms with Crippen molar-refractivity contribution in [1.82, 2.24) is 14.5 Å². The van der Waals surface area contributed by atoms with Crippen LogP contribution in [0.15, 0.2) is 108 Å². The summed E-state index contributed by atoms with van der Waals surface area (Å²) in [6, 6.07) is 30.7. The van der Waals surface area contributed by atoms with Crippen molar-refractivity contribution >= 4 is 21.8 Å². The maximum Gasteiger partial charge on any atom is 0.225 e. The molecule has 0 bridgehead atoms. The molecule has 196 valence electrons. The minimum Gasteiger partial charge on any atom is -0.445 e. The number of rotatable bonds is 10. The third-order valence-electron chi connectivity index (χ3n) is 8.08. The first-order valence-electron chi connectivity index (χ1n) is 14.2. The van der Waals surface area contributed by atoms with Crippen LogP contribution < -0.4 is 0 Å². The van der Waals surface area contributed by atoms with Crippen LogP contribution >= 0.6 is 0 Å². The summed E-state index contributed by atoms with van der Waals surface area (Å²) in [5, 5.41) is 2.52. The summed E-state index contributed by atoms with van der Waals surface area (Å²) >= 11 is 0. The lowest BCUT2D eigenvalue weighted by molar-refractivity contribution is 0.396. The number of hydrogen-bond donors (Lipinski definition) is 0. The molecule has 0 amide bonds. The third kappa shape index (κ3) is 4.54. The summed E-state index contributed by atoms with van der Waals surface area (Å²) in [4.78, 5) is 9.34. The van der Waals surface area contributed by atoms with Gasteiger partial charge in [-0.05, 0) is 60.9 Å². The number of pyridine rings is 1. The number of para-hydroxylation sites is 1. The van der Waals surface area contributed by atoms with Crippen LogP contribution in [-0.2, 0) is 5.41 Å². The number of benzene rings is 3. The molecule has 0 saturated heterocycles. The van der Waals surface area contributed by atoms with Gasteiger partial charge in [0.1, 0.15) is 6.26 Å². The minimum atomic E-state index is -0.122. The Labute approximate surface area is 230 Å². The van der Waals surface area contributed by atoms with E-state index >= 15 is 0 Å². The van der Waals surface area contributed by atoms with Gasteiger partial charge in [-0.3, -0.25) is 4.98 Å². The van der Waals surface area contributed by atoms with Gasteiger partial charge in [-0.1, -0.05) is 82.0 Å². The summed E-state index contributed by atoms with van der Waals surface area (Å²) in [5.41, 5.74) is 6.88. The van der Waals surface area contributed by atoms with Crippen molar-refractivity contribution in [2.24, 2.45) is 0 Å². The SMILES string of the molecule is CCCCC(CCCC)(c1ccc2c3ccccc3n(-c3cccc(-c4ncco4)c3)c2c1)c1ccccn1. The van der Waals surface area contributed by atoms with Crippen LogP contribution in [0.2, 0.25) is 0 Å². The van der Waals surface area contributed by atoms with Crippen LogP contribution in [0.1, 0.15) is 63.6 Å². The van der Waals surface area contributed by atoms with E-state index in [1.54, 1.807) is 12.5 Å². The van der Waals surface area contributed by atoms with Crippen molar-refractivity contribution in [1.29, 1.82) is 0 Å². The maximum atomic E-state index is 5.63. The Kier molecular flexibility index (Phi) is 7.02. The number of unbranched alkanes of at least 4 members (excludes halogenated alkanes) is 2. The Bertz CT molecular complexity index is 1670. The van der Waals surface area contributed by atoms with Crippen molar-refractivity contribution in [3.8, 4) is 17.1 Å². The van der Waals surface area contributed by atoms with Crippen LogP contribution in [0.4, 0.5) is 0 Å². The van der Waals surface area contributed by atoms with E-state index < -0.39 is 0 Å². The lowest BCUT2D eigenvalue weighted by atomic mass is 9.70. The highest BCUT2D eigenvalue weighted by atomic mass is 16.3. The number of nitrogens with zero attached hydrogens (tertiary/aromatic N) is 3. The first kappa shape index (κ1) is 25.1. The van der Waals surface area contributed by atoms with Crippen LogP contribution in [0, 0.1) is 0 Å². The molecule has 6 rings (SSSR count). The van der Waals surface area contributed by atoms with Crippen LogP contribution in [0.25, 0.3) is 38.9 Å². The van der Waals surface area contributed by atoms with Gasteiger partial charge >= 0.3 is 0 Å². The van der Waals surface area contributed by atoms with Gasteiger partial charge in [0.25, 0.3) is 0 Å². The van der Waals surface area contributed by atoms with Crippen molar-refractivity contribution < 1.29 is 4.42 Å². The molecule has 3 heterocycles. The van der Waals surface area contributed by atoms with Crippen LogP contribution in [-0.4, -0.2) is 14.5 Å². The van der Waals surface area contributed by atoms with E-state index in [0.29, 0.717) is 5.89 Å². The van der Waals surface area contributed by atoms with Gasteiger partial charge in [-0.15, -0.1) is 0 Å². The Balaban J connectivity index is 1.61. The van der Waals surface area contributed by atoms with Gasteiger partial charge in [0.05, 0.1) is 22.9 Å². The molecule has 39 heavy (non-hydrogen) atoms. The third-order valence-corrected chi connectivity index (χ3v) is 8.08. The van der Waals surface area contributed by atoms with E-state index in [4.69, 9.17) is 9.40 Å². The Morgan fingerprint density at radius 3 is 2.26 bits per heavy atom. The molecule has 0 saturated carbocycles. The van der Waals surface area contributed by atoms with Crippen LogP contribution in [0.3, 0.4) is 0 Å². The molecule has 0 fully saturated rings. The molecule has 0 radical (unpaired) electrons.